The summed E-state index contributed by atoms with van der Waals surface area (Å²) in [6.07, 6.45) is 2.56. The fourth-order valence-corrected chi connectivity index (χ4v) is 1.03. The number of carbonyl (C=O) groups excluding carboxylic acids is 1. The smallest absolute Gasteiger partial charge is 0.545 e. The molecule has 0 spiro atoms. The van der Waals surface area contributed by atoms with Crippen molar-refractivity contribution in [2.45, 2.75) is 13.8 Å². The first-order valence-corrected chi connectivity index (χ1v) is 4.06. The van der Waals surface area contributed by atoms with Crippen LogP contribution in [0.5, 0.6) is 0 Å². The third kappa shape index (κ3) is 4.09. The topological polar surface area (TPSA) is 40.1 Å². The van der Waals surface area contributed by atoms with Crippen molar-refractivity contribution in [2.24, 2.45) is 0 Å². The van der Waals surface area contributed by atoms with Gasteiger partial charge in [-0.3, -0.25) is 0 Å². The van der Waals surface area contributed by atoms with Crippen LogP contribution in [0.3, 0.4) is 0 Å². The SMILES string of the molecule is Cc1ccc(C=CC(=O)[O-])cc1C.[Na+]. The summed E-state index contributed by atoms with van der Waals surface area (Å²) in [4.78, 5) is 10.1. The Bertz CT molecular complexity index is 356. The van der Waals surface area contributed by atoms with Gasteiger partial charge in [-0.25, -0.2) is 0 Å². The van der Waals surface area contributed by atoms with Gasteiger partial charge < -0.3 is 9.90 Å². The van der Waals surface area contributed by atoms with E-state index in [9.17, 15) is 9.90 Å². The minimum Gasteiger partial charge on any atom is -0.545 e. The number of hydrogen-bond donors (Lipinski definition) is 0. The van der Waals surface area contributed by atoms with E-state index in [1.54, 1.807) is 0 Å². The minimum atomic E-state index is -1.17. The second kappa shape index (κ2) is 6.02. The second-order valence-corrected chi connectivity index (χ2v) is 3.00. The van der Waals surface area contributed by atoms with Gasteiger partial charge in [0.2, 0.25) is 0 Å². The van der Waals surface area contributed by atoms with Crippen molar-refractivity contribution in [3.8, 4) is 0 Å². The molecule has 3 heteroatoms. The molecule has 0 amide bonds. The molecule has 0 aliphatic heterocycles. The predicted octanol–water partition coefficient (Wildman–Crippen LogP) is -1.93. The van der Waals surface area contributed by atoms with Crippen molar-refractivity contribution in [3.05, 3.63) is 41.0 Å². The van der Waals surface area contributed by atoms with Gasteiger partial charge in [-0.2, -0.15) is 0 Å². The Morgan fingerprint density at radius 3 is 2.43 bits per heavy atom. The predicted molar refractivity (Wildman–Crippen MR) is 50.0 cm³/mol. The van der Waals surface area contributed by atoms with Gasteiger partial charge in [0.05, 0.1) is 5.97 Å². The van der Waals surface area contributed by atoms with Crippen LogP contribution in [0, 0.1) is 13.8 Å². The molecule has 0 aromatic heterocycles. The van der Waals surface area contributed by atoms with Gasteiger partial charge in [0, 0.05) is 0 Å². The van der Waals surface area contributed by atoms with E-state index in [1.807, 2.05) is 32.0 Å². The average Bonchev–Trinajstić information content (AvgIpc) is 2.07. The van der Waals surface area contributed by atoms with Gasteiger partial charge in [0.15, 0.2) is 0 Å². The standard InChI is InChI=1S/C11H12O2.Na/c1-8-3-4-10(7-9(8)2)5-6-11(12)13;/h3-7H,1-2H3,(H,12,13);/q;+1/p-1. The molecule has 1 rings (SSSR count). The minimum absolute atomic E-state index is 0. The zero-order chi connectivity index (χ0) is 9.84. The molecule has 0 radical (unpaired) electrons. The van der Waals surface area contributed by atoms with Gasteiger partial charge in [0.25, 0.3) is 0 Å². The Morgan fingerprint density at radius 1 is 1.29 bits per heavy atom. The maximum Gasteiger partial charge on any atom is 1.00 e. The van der Waals surface area contributed by atoms with E-state index < -0.39 is 5.97 Å². The second-order valence-electron chi connectivity index (χ2n) is 3.00. The van der Waals surface area contributed by atoms with Crippen LogP contribution in [-0.2, 0) is 4.79 Å². The van der Waals surface area contributed by atoms with Crippen LogP contribution in [0.2, 0.25) is 0 Å². The van der Waals surface area contributed by atoms with Crippen molar-refractivity contribution in [1.82, 2.24) is 0 Å². The molecule has 0 atom stereocenters. The third-order valence-corrected chi connectivity index (χ3v) is 1.94. The first-order valence-electron chi connectivity index (χ1n) is 4.06. The van der Waals surface area contributed by atoms with Gasteiger partial charge >= 0.3 is 29.6 Å². The summed E-state index contributed by atoms with van der Waals surface area (Å²) >= 11 is 0. The molecule has 0 unspecified atom stereocenters. The number of aliphatic carboxylic acids is 1. The number of benzene rings is 1. The van der Waals surface area contributed by atoms with E-state index in [2.05, 4.69) is 0 Å². The van der Waals surface area contributed by atoms with E-state index in [0.717, 1.165) is 17.2 Å². The first kappa shape index (κ1) is 13.4. The van der Waals surface area contributed by atoms with Crippen LogP contribution < -0.4 is 34.7 Å². The number of rotatable bonds is 2. The molecule has 0 aliphatic carbocycles. The summed E-state index contributed by atoms with van der Waals surface area (Å²) in [5.41, 5.74) is 3.23. The van der Waals surface area contributed by atoms with Crippen LogP contribution in [-0.4, -0.2) is 5.97 Å². The van der Waals surface area contributed by atoms with E-state index >= 15 is 0 Å². The Morgan fingerprint density at radius 2 is 1.93 bits per heavy atom. The Hall–Kier alpha value is -0.570. The number of carboxylic acid groups (broad SMARTS) is 1. The third-order valence-electron chi connectivity index (χ3n) is 1.94. The summed E-state index contributed by atoms with van der Waals surface area (Å²) in [5, 5.41) is 10.1. The average molecular weight is 198 g/mol. The molecule has 0 saturated heterocycles. The Labute approximate surface area is 106 Å². The number of carbonyl (C=O) groups is 1. The summed E-state index contributed by atoms with van der Waals surface area (Å²) in [6, 6.07) is 5.78. The molecular weight excluding hydrogens is 187 g/mol. The molecule has 14 heavy (non-hydrogen) atoms. The summed E-state index contributed by atoms with van der Waals surface area (Å²) in [5.74, 6) is -1.17. The first-order chi connectivity index (χ1) is 6.09. The fourth-order valence-electron chi connectivity index (χ4n) is 1.03. The van der Waals surface area contributed by atoms with Crippen molar-refractivity contribution in [1.29, 1.82) is 0 Å². The molecule has 0 saturated carbocycles. The maximum absolute atomic E-state index is 10.1. The number of hydrogen-bond acceptors (Lipinski definition) is 2. The van der Waals surface area contributed by atoms with Gasteiger partial charge in [-0.1, -0.05) is 24.3 Å². The van der Waals surface area contributed by atoms with Crippen molar-refractivity contribution in [3.63, 3.8) is 0 Å². The van der Waals surface area contributed by atoms with E-state index in [4.69, 9.17) is 0 Å². The molecule has 1 aromatic carbocycles. The molecule has 0 fully saturated rings. The van der Waals surface area contributed by atoms with Crippen molar-refractivity contribution in [2.75, 3.05) is 0 Å². The monoisotopic (exact) mass is 198 g/mol. The molecule has 0 aliphatic rings. The molecule has 0 heterocycles. The molecule has 68 valence electrons. The largest absolute Gasteiger partial charge is 1.00 e. The Kier molecular flexibility index (Phi) is 5.77. The van der Waals surface area contributed by atoms with Crippen molar-refractivity contribution < 1.29 is 39.5 Å². The van der Waals surface area contributed by atoms with E-state index in [1.165, 1.54) is 11.6 Å². The zero-order valence-corrected chi connectivity index (χ0v) is 10.7. The van der Waals surface area contributed by atoms with Gasteiger partial charge in [0.1, 0.15) is 0 Å². The molecule has 1 aromatic rings. The zero-order valence-electron chi connectivity index (χ0n) is 8.70. The molecule has 0 bridgehead atoms. The fraction of sp³-hybridized carbons (Fsp3) is 0.182. The van der Waals surface area contributed by atoms with Crippen molar-refractivity contribution >= 4 is 12.0 Å². The van der Waals surface area contributed by atoms with Crippen LogP contribution in [0.1, 0.15) is 16.7 Å². The molecule has 0 N–H and O–H groups in total. The van der Waals surface area contributed by atoms with Gasteiger partial charge in [-0.05, 0) is 36.6 Å². The maximum atomic E-state index is 10.1. The molecule has 2 nitrogen and oxygen atoms in total. The van der Waals surface area contributed by atoms with Crippen LogP contribution in [0.15, 0.2) is 24.3 Å². The van der Waals surface area contributed by atoms with Crippen LogP contribution in [0.4, 0.5) is 0 Å². The normalized spacial score (nSPS) is 9.86. The summed E-state index contributed by atoms with van der Waals surface area (Å²) in [7, 11) is 0. The number of carboxylic acids is 1. The Balaban J connectivity index is 0.00000169. The summed E-state index contributed by atoms with van der Waals surface area (Å²) in [6.45, 7) is 4.01. The number of aryl methyl sites for hydroxylation is 2. The quantitative estimate of drug-likeness (QED) is 0.410. The van der Waals surface area contributed by atoms with Crippen LogP contribution in [0.25, 0.3) is 6.08 Å². The van der Waals surface area contributed by atoms with E-state index in [-0.39, 0.29) is 29.6 Å². The summed E-state index contributed by atoms with van der Waals surface area (Å²) < 4.78 is 0. The van der Waals surface area contributed by atoms with Gasteiger partial charge in [-0.15, -0.1) is 0 Å². The molecular formula is C11H11NaO2. The van der Waals surface area contributed by atoms with E-state index in [0.29, 0.717) is 0 Å². The van der Waals surface area contributed by atoms with Crippen LogP contribution >= 0.6 is 0 Å².